The predicted molar refractivity (Wildman–Crippen MR) is 119 cm³/mol. The molecule has 11 heteroatoms. The number of hydrogen-bond acceptors (Lipinski definition) is 9. The second-order valence-corrected chi connectivity index (χ2v) is 8.76. The molecule has 1 unspecified atom stereocenters. The summed E-state index contributed by atoms with van der Waals surface area (Å²) in [5.74, 6) is 0.115. The van der Waals surface area contributed by atoms with Gasteiger partial charge in [-0.15, -0.1) is 0 Å². The number of anilines is 1. The summed E-state index contributed by atoms with van der Waals surface area (Å²) in [5.41, 5.74) is -0.397. The van der Waals surface area contributed by atoms with Crippen LogP contribution in [0.5, 0.6) is 0 Å². The number of rotatable bonds is 10. The quantitative estimate of drug-likeness (QED) is 0.304. The van der Waals surface area contributed by atoms with Gasteiger partial charge in [0.15, 0.2) is 12.1 Å². The molecule has 184 valence electrons. The fourth-order valence-electron chi connectivity index (χ4n) is 3.77. The Labute approximate surface area is 192 Å². The van der Waals surface area contributed by atoms with Crippen molar-refractivity contribution in [2.24, 2.45) is 5.92 Å². The van der Waals surface area contributed by atoms with Crippen molar-refractivity contribution in [1.82, 2.24) is 14.6 Å². The van der Waals surface area contributed by atoms with E-state index < -0.39 is 36.3 Å². The van der Waals surface area contributed by atoms with E-state index in [1.807, 2.05) is 0 Å². The number of nitrogens with one attached hydrogen (secondary N) is 1. The Balaban J connectivity index is 1.77. The van der Waals surface area contributed by atoms with Crippen molar-refractivity contribution in [1.29, 1.82) is 0 Å². The fourth-order valence-corrected chi connectivity index (χ4v) is 3.77. The van der Waals surface area contributed by atoms with Gasteiger partial charge in [-0.25, -0.2) is 14.3 Å². The van der Waals surface area contributed by atoms with Gasteiger partial charge in [0, 0.05) is 5.92 Å². The van der Waals surface area contributed by atoms with Crippen LogP contribution >= 0.6 is 0 Å². The first-order chi connectivity index (χ1) is 15.7. The number of carbonyl (C=O) groups excluding carboxylic acids is 1. The Morgan fingerprint density at radius 2 is 2.09 bits per heavy atom. The fraction of sp³-hybridized carbons (Fsp3) is 0.682. The van der Waals surface area contributed by atoms with Crippen LogP contribution < -0.4 is 5.32 Å². The number of fused-ring (bicyclic) bond motifs is 1. The van der Waals surface area contributed by atoms with Gasteiger partial charge in [-0.1, -0.05) is 33.6 Å². The zero-order chi connectivity index (χ0) is 24.2. The smallest absolute Gasteiger partial charge is 0.412 e. The van der Waals surface area contributed by atoms with Gasteiger partial charge in [0.25, 0.3) is 0 Å². The maximum Gasteiger partial charge on any atom is 0.412 e. The molecule has 2 aromatic rings. The summed E-state index contributed by atoms with van der Waals surface area (Å²) in [5, 5.41) is 38.1. The lowest BCUT2D eigenvalue weighted by atomic mass is 9.93. The maximum atomic E-state index is 12.1. The Kier molecular flexibility index (Phi) is 8.24. The van der Waals surface area contributed by atoms with E-state index >= 15 is 0 Å². The van der Waals surface area contributed by atoms with Crippen LogP contribution in [0.3, 0.4) is 0 Å². The summed E-state index contributed by atoms with van der Waals surface area (Å²) in [4.78, 5) is 16.2. The molecular formula is C22H34N4O7. The number of ether oxygens (including phenoxy) is 3. The van der Waals surface area contributed by atoms with E-state index in [-0.39, 0.29) is 18.3 Å². The summed E-state index contributed by atoms with van der Waals surface area (Å²) >= 11 is 0. The molecule has 2 aromatic heterocycles. The Morgan fingerprint density at radius 1 is 1.33 bits per heavy atom. The van der Waals surface area contributed by atoms with Gasteiger partial charge in [-0.05, 0) is 25.5 Å². The average Bonchev–Trinajstić information content (AvgIpc) is 3.32. The highest BCUT2D eigenvalue weighted by atomic mass is 16.6. The van der Waals surface area contributed by atoms with Crippen LogP contribution in [-0.4, -0.2) is 73.8 Å². The van der Waals surface area contributed by atoms with Gasteiger partial charge in [0.05, 0.1) is 18.9 Å². The van der Waals surface area contributed by atoms with Gasteiger partial charge in [-0.2, -0.15) is 5.10 Å². The molecule has 3 heterocycles. The lowest BCUT2D eigenvalue weighted by Crippen LogP contribution is -2.39. The second-order valence-electron chi connectivity index (χ2n) is 8.76. The third-order valence-electron chi connectivity index (χ3n) is 5.83. The van der Waals surface area contributed by atoms with Crippen molar-refractivity contribution in [3.05, 3.63) is 24.2 Å². The summed E-state index contributed by atoms with van der Waals surface area (Å²) in [6, 6.07) is 3.37. The maximum absolute atomic E-state index is 12.1. The van der Waals surface area contributed by atoms with Gasteiger partial charge < -0.3 is 29.5 Å². The van der Waals surface area contributed by atoms with Crippen LogP contribution in [0.25, 0.3) is 5.52 Å². The molecular weight excluding hydrogens is 432 g/mol. The topological polar surface area (TPSA) is 148 Å². The zero-order valence-corrected chi connectivity index (χ0v) is 19.5. The number of amides is 1. The average molecular weight is 467 g/mol. The number of aromatic nitrogens is 3. The molecule has 0 spiro atoms. The highest BCUT2D eigenvalue weighted by Crippen LogP contribution is 2.40. The predicted octanol–water partition coefficient (Wildman–Crippen LogP) is 1.79. The Hall–Kier alpha value is -2.31. The van der Waals surface area contributed by atoms with Crippen LogP contribution in [0.2, 0.25) is 0 Å². The molecule has 5 atom stereocenters. The number of aliphatic hydroxyl groups is 3. The first-order valence-electron chi connectivity index (χ1n) is 11.3. The largest absolute Gasteiger partial charge is 0.449 e. The van der Waals surface area contributed by atoms with Crippen molar-refractivity contribution < 1.29 is 34.3 Å². The molecule has 33 heavy (non-hydrogen) atoms. The molecule has 4 N–H and O–H groups in total. The summed E-state index contributed by atoms with van der Waals surface area (Å²) in [6.07, 6.45) is -0.957. The molecule has 1 aliphatic heterocycles. The molecule has 1 aliphatic rings. The van der Waals surface area contributed by atoms with E-state index in [2.05, 4.69) is 22.3 Å². The van der Waals surface area contributed by atoms with E-state index in [4.69, 9.17) is 14.2 Å². The lowest BCUT2D eigenvalue weighted by molar-refractivity contribution is -0.166. The highest BCUT2D eigenvalue weighted by molar-refractivity contribution is 5.88. The zero-order valence-electron chi connectivity index (χ0n) is 19.5. The Morgan fingerprint density at radius 3 is 2.79 bits per heavy atom. The second kappa shape index (κ2) is 10.7. The van der Waals surface area contributed by atoms with Crippen molar-refractivity contribution in [3.8, 4) is 0 Å². The number of aliphatic hydroxyl groups excluding tert-OH is 3. The molecule has 0 aliphatic carbocycles. The molecule has 0 bridgehead atoms. The van der Waals surface area contributed by atoms with Crippen LogP contribution in [0.4, 0.5) is 10.6 Å². The lowest BCUT2D eigenvalue weighted by Gasteiger charge is -2.27. The molecule has 0 saturated carbocycles. The monoisotopic (exact) mass is 466 g/mol. The van der Waals surface area contributed by atoms with E-state index in [9.17, 15) is 20.1 Å². The van der Waals surface area contributed by atoms with Gasteiger partial charge in [0.1, 0.15) is 35.8 Å². The molecule has 1 fully saturated rings. The SMILES string of the molecule is CCCCCOC(=O)Nc1ncnn2c([C@]3(C)O[C@H](COC(O)C(C)C)[C@@H](O)[C@H]3O)ccc12. The molecule has 0 aromatic carbocycles. The van der Waals surface area contributed by atoms with E-state index in [1.165, 1.54) is 10.8 Å². The van der Waals surface area contributed by atoms with E-state index in [0.717, 1.165) is 19.3 Å². The number of unbranched alkanes of at least 4 members (excludes halogenated alkanes) is 2. The Bertz CT molecular complexity index is 937. The minimum atomic E-state index is -1.32. The van der Waals surface area contributed by atoms with Crippen LogP contribution in [0.15, 0.2) is 18.5 Å². The minimum Gasteiger partial charge on any atom is -0.449 e. The van der Waals surface area contributed by atoms with Crippen LogP contribution in [-0.2, 0) is 19.8 Å². The van der Waals surface area contributed by atoms with Crippen molar-refractivity contribution in [2.45, 2.75) is 77.2 Å². The van der Waals surface area contributed by atoms with Crippen LogP contribution in [0, 0.1) is 5.92 Å². The van der Waals surface area contributed by atoms with E-state index in [1.54, 1.807) is 32.9 Å². The first kappa shape index (κ1) is 25.3. The third-order valence-corrected chi connectivity index (χ3v) is 5.83. The standard InChI is InChI=1S/C22H34N4O7/c1-5-6-7-10-31-21(30)25-19-14-8-9-16(26(14)24-12-23-19)22(4)18(28)17(27)15(33-22)11-32-20(29)13(2)3/h8-9,12-13,15,17-18,20,27-29H,5-7,10-11H2,1-4H3,(H,23,24,25,30)/t15-,17-,18-,20?,22+/m1/s1. The molecule has 11 nitrogen and oxygen atoms in total. The minimum absolute atomic E-state index is 0.0951. The normalized spacial score (nSPS) is 26.1. The summed E-state index contributed by atoms with van der Waals surface area (Å²) in [6.45, 7) is 7.53. The third kappa shape index (κ3) is 5.44. The van der Waals surface area contributed by atoms with Gasteiger partial charge in [0.2, 0.25) is 0 Å². The summed E-state index contributed by atoms with van der Waals surface area (Å²) in [7, 11) is 0. The number of nitrogens with zero attached hydrogens (tertiary/aromatic N) is 3. The molecule has 1 saturated heterocycles. The summed E-state index contributed by atoms with van der Waals surface area (Å²) < 4.78 is 18.1. The number of carbonyl (C=O) groups is 1. The van der Waals surface area contributed by atoms with E-state index in [0.29, 0.717) is 17.8 Å². The molecule has 1 amide bonds. The van der Waals surface area contributed by atoms with Gasteiger partial charge >= 0.3 is 6.09 Å². The van der Waals surface area contributed by atoms with Gasteiger partial charge in [-0.3, -0.25) is 5.32 Å². The number of hydrogen-bond donors (Lipinski definition) is 4. The molecule has 3 rings (SSSR count). The van der Waals surface area contributed by atoms with Crippen molar-refractivity contribution >= 4 is 17.4 Å². The first-order valence-corrected chi connectivity index (χ1v) is 11.3. The highest BCUT2D eigenvalue weighted by Gasteiger charge is 2.53. The molecule has 0 radical (unpaired) electrons. The van der Waals surface area contributed by atoms with Crippen molar-refractivity contribution in [3.63, 3.8) is 0 Å². The van der Waals surface area contributed by atoms with Crippen molar-refractivity contribution in [2.75, 3.05) is 18.5 Å². The van der Waals surface area contributed by atoms with Crippen LogP contribution in [0.1, 0.15) is 52.7 Å².